The summed E-state index contributed by atoms with van der Waals surface area (Å²) >= 11 is 0. The summed E-state index contributed by atoms with van der Waals surface area (Å²) < 4.78 is 0. The van der Waals surface area contributed by atoms with Crippen molar-refractivity contribution in [3.63, 3.8) is 0 Å². The zero-order chi connectivity index (χ0) is 11.8. The first-order valence-electron chi connectivity index (χ1n) is 5.70. The maximum Gasteiger partial charge on any atom is 0.220 e. The van der Waals surface area contributed by atoms with Crippen LogP contribution in [-0.2, 0) is 11.3 Å². The predicted molar refractivity (Wildman–Crippen MR) is 66.2 cm³/mol. The van der Waals surface area contributed by atoms with Crippen molar-refractivity contribution in [1.82, 2.24) is 10.6 Å². The standard InChI is InChI=1S/C13H20N2O/c1-11-6-3-4-7-12(11)10-15-13(16)8-5-9-14-2/h3-4,6-7,14H,5,8-10H2,1-2H3,(H,15,16). The Morgan fingerprint density at radius 3 is 2.75 bits per heavy atom. The molecular formula is C13H20N2O. The maximum absolute atomic E-state index is 11.5. The molecule has 1 aromatic carbocycles. The minimum absolute atomic E-state index is 0.124. The van der Waals surface area contributed by atoms with Crippen LogP contribution in [0.3, 0.4) is 0 Å². The SMILES string of the molecule is CNCCCC(=O)NCc1ccccc1C. The Morgan fingerprint density at radius 2 is 2.06 bits per heavy atom. The van der Waals surface area contributed by atoms with Crippen molar-refractivity contribution in [2.45, 2.75) is 26.3 Å². The van der Waals surface area contributed by atoms with Gasteiger partial charge in [0.15, 0.2) is 0 Å². The van der Waals surface area contributed by atoms with Gasteiger partial charge < -0.3 is 10.6 Å². The van der Waals surface area contributed by atoms with Gasteiger partial charge in [-0.1, -0.05) is 24.3 Å². The molecule has 1 amide bonds. The lowest BCUT2D eigenvalue weighted by atomic mass is 10.1. The van der Waals surface area contributed by atoms with Crippen LogP contribution in [0.4, 0.5) is 0 Å². The van der Waals surface area contributed by atoms with E-state index < -0.39 is 0 Å². The van der Waals surface area contributed by atoms with E-state index in [2.05, 4.69) is 23.6 Å². The summed E-state index contributed by atoms with van der Waals surface area (Å²) in [6.07, 6.45) is 1.48. The fourth-order valence-corrected chi connectivity index (χ4v) is 1.52. The summed E-state index contributed by atoms with van der Waals surface area (Å²) in [5, 5.41) is 5.96. The van der Waals surface area contributed by atoms with E-state index in [-0.39, 0.29) is 5.91 Å². The third-order valence-corrected chi connectivity index (χ3v) is 2.57. The molecule has 0 atom stereocenters. The van der Waals surface area contributed by atoms with E-state index >= 15 is 0 Å². The number of aryl methyl sites for hydroxylation is 1. The Balaban J connectivity index is 2.29. The van der Waals surface area contributed by atoms with Crippen LogP contribution >= 0.6 is 0 Å². The molecule has 0 aliphatic rings. The molecule has 0 radical (unpaired) electrons. The highest BCUT2D eigenvalue weighted by atomic mass is 16.1. The maximum atomic E-state index is 11.5. The van der Waals surface area contributed by atoms with Crippen LogP contribution in [-0.4, -0.2) is 19.5 Å². The third-order valence-electron chi connectivity index (χ3n) is 2.57. The van der Waals surface area contributed by atoms with Crippen LogP contribution in [0.1, 0.15) is 24.0 Å². The fraction of sp³-hybridized carbons (Fsp3) is 0.462. The van der Waals surface area contributed by atoms with E-state index in [0.717, 1.165) is 13.0 Å². The second kappa shape index (κ2) is 7.01. The Morgan fingerprint density at radius 1 is 1.31 bits per heavy atom. The van der Waals surface area contributed by atoms with Crippen molar-refractivity contribution in [2.24, 2.45) is 0 Å². The summed E-state index contributed by atoms with van der Waals surface area (Å²) in [5.41, 5.74) is 2.41. The van der Waals surface area contributed by atoms with E-state index in [1.54, 1.807) is 0 Å². The molecule has 3 heteroatoms. The number of hydrogen-bond donors (Lipinski definition) is 2. The Kier molecular flexibility index (Phi) is 5.57. The molecule has 0 aliphatic heterocycles. The van der Waals surface area contributed by atoms with Crippen molar-refractivity contribution < 1.29 is 4.79 Å². The van der Waals surface area contributed by atoms with Crippen molar-refractivity contribution in [2.75, 3.05) is 13.6 Å². The van der Waals surface area contributed by atoms with Crippen molar-refractivity contribution in [3.05, 3.63) is 35.4 Å². The topological polar surface area (TPSA) is 41.1 Å². The molecule has 16 heavy (non-hydrogen) atoms. The fourth-order valence-electron chi connectivity index (χ4n) is 1.52. The van der Waals surface area contributed by atoms with Crippen LogP contribution in [0.2, 0.25) is 0 Å². The first-order chi connectivity index (χ1) is 7.74. The van der Waals surface area contributed by atoms with Crippen LogP contribution in [0.25, 0.3) is 0 Å². The van der Waals surface area contributed by atoms with Crippen LogP contribution in [0.5, 0.6) is 0 Å². The van der Waals surface area contributed by atoms with E-state index in [9.17, 15) is 4.79 Å². The van der Waals surface area contributed by atoms with Crippen molar-refractivity contribution >= 4 is 5.91 Å². The van der Waals surface area contributed by atoms with Gasteiger partial charge in [0, 0.05) is 13.0 Å². The van der Waals surface area contributed by atoms with Crippen LogP contribution < -0.4 is 10.6 Å². The molecule has 1 aromatic rings. The van der Waals surface area contributed by atoms with E-state index in [4.69, 9.17) is 0 Å². The van der Waals surface area contributed by atoms with Gasteiger partial charge in [0.1, 0.15) is 0 Å². The van der Waals surface area contributed by atoms with Crippen LogP contribution in [0.15, 0.2) is 24.3 Å². The molecule has 0 heterocycles. The number of hydrogen-bond acceptors (Lipinski definition) is 2. The number of carbonyl (C=O) groups excluding carboxylic acids is 1. The molecule has 0 unspecified atom stereocenters. The highest BCUT2D eigenvalue weighted by molar-refractivity contribution is 5.75. The first-order valence-corrected chi connectivity index (χ1v) is 5.70. The lowest BCUT2D eigenvalue weighted by molar-refractivity contribution is -0.121. The molecular weight excluding hydrogens is 200 g/mol. The molecule has 2 N–H and O–H groups in total. The highest BCUT2D eigenvalue weighted by Gasteiger charge is 2.01. The quantitative estimate of drug-likeness (QED) is 0.715. The van der Waals surface area contributed by atoms with Gasteiger partial charge in [0.25, 0.3) is 0 Å². The predicted octanol–water partition coefficient (Wildman–Crippen LogP) is 1.61. The molecule has 0 spiro atoms. The van der Waals surface area contributed by atoms with E-state index in [0.29, 0.717) is 13.0 Å². The zero-order valence-electron chi connectivity index (χ0n) is 10.0. The van der Waals surface area contributed by atoms with Gasteiger partial charge in [0.2, 0.25) is 5.91 Å². The normalized spacial score (nSPS) is 10.1. The molecule has 3 nitrogen and oxygen atoms in total. The molecule has 88 valence electrons. The lowest BCUT2D eigenvalue weighted by Crippen LogP contribution is -2.24. The molecule has 0 aromatic heterocycles. The second-order valence-corrected chi connectivity index (χ2v) is 3.91. The van der Waals surface area contributed by atoms with Gasteiger partial charge in [-0.15, -0.1) is 0 Å². The van der Waals surface area contributed by atoms with Crippen LogP contribution in [0, 0.1) is 6.92 Å². The van der Waals surface area contributed by atoms with E-state index in [1.807, 2.05) is 25.2 Å². The minimum Gasteiger partial charge on any atom is -0.352 e. The molecule has 0 saturated carbocycles. The summed E-state index contributed by atoms with van der Waals surface area (Å²) in [6, 6.07) is 8.11. The zero-order valence-corrected chi connectivity index (χ0v) is 10.0. The summed E-state index contributed by atoms with van der Waals surface area (Å²) in [4.78, 5) is 11.5. The van der Waals surface area contributed by atoms with Gasteiger partial charge in [-0.3, -0.25) is 4.79 Å². The Labute approximate surface area is 97.2 Å². The summed E-state index contributed by atoms with van der Waals surface area (Å²) in [7, 11) is 1.89. The van der Waals surface area contributed by atoms with Gasteiger partial charge >= 0.3 is 0 Å². The monoisotopic (exact) mass is 220 g/mol. The molecule has 0 saturated heterocycles. The van der Waals surface area contributed by atoms with Gasteiger partial charge in [-0.05, 0) is 38.1 Å². The molecule has 0 fully saturated rings. The average Bonchev–Trinajstić information content (AvgIpc) is 2.28. The second-order valence-electron chi connectivity index (χ2n) is 3.91. The van der Waals surface area contributed by atoms with E-state index in [1.165, 1.54) is 11.1 Å². The summed E-state index contributed by atoms with van der Waals surface area (Å²) in [5.74, 6) is 0.124. The number of nitrogens with one attached hydrogen (secondary N) is 2. The Bertz CT molecular complexity index is 336. The average molecular weight is 220 g/mol. The first kappa shape index (κ1) is 12.7. The lowest BCUT2D eigenvalue weighted by Gasteiger charge is -2.07. The smallest absolute Gasteiger partial charge is 0.220 e. The van der Waals surface area contributed by atoms with Crippen molar-refractivity contribution in [3.8, 4) is 0 Å². The highest BCUT2D eigenvalue weighted by Crippen LogP contribution is 2.06. The number of benzene rings is 1. The van der Waals surface area contributed by atoms with Gasteiger partial charge in [-0.25, -0.2) is 0 Å². The molecule has 1 rings (SSSR count). The largest absolute Gasteiger partial charge is 0.352 e. The number of carbonyl (C=O) groups is 1. The number of amides is 1. The third kappa shape index (κ3) is 4.45. The molecule has 0 bridgehead atoms. The van der Waals surface area contributed by atoms with Crippen molar-refractivity contribution in [1.29, 1.82) is 0 Å². The number of rotatable bonds is 6. The summed E-state index contributed by atoms with van der Waals surface area (Å²) in [6.45, 7) is 3.57. The molecule has 0 aliphatic carbocycles. The Hall–Kier alpha value is -1.35. The minimum atomic E-state index is 0.124. The van der Waals surface area contributed by atoms with Gasteiger partial charge in [-0.2, -0.15) is 0 Å². The van der Waals surface area contributed by atoms with Gasteiger partial charge in [0.05, 0.1) is 0 Å².